The van der Waals surface area contributed by atoms with Crippen molar-refractivity contribution in [1.82, 2.24) is 0 Å². The van der Waals surface area contributed by atoms with Gasteiger partial charge in [0.15, 0.2) is 0 Å². The Morgan fingerprint density at radius 1 is 0.767 bits per heavy atom. The smallest absolute Gasteiger partial charge is 0.338 e. The Balaban J connectivity index is 1.12. The van der Waals surface area contributed by atoms with Crippen LogP contribution in [0.3, 0.4) is 0 Å². The third kappa shape index (κ3) is 5.26. The molecule has 0 radical (unpaired) electrons. The van der Waals surface area contributed by atoms with E-state index < -0.39 is 22.1 Å². The summed E-state index contributed by atoms with van der Waals surface area (Å²) in [6, 6.07) is 23.0. The number of benzene rings is 3. The Hall–Kier alpha value is -3.25. The van der Waals surface area contributed by atoms with E-state index in [0.717, 1.165) is 41.5 Å². The predicted molar refractivity (Wildman–Crippen MR) is 172 cm³/mol. The number of imide groups is 1. The van der Waals surface area contributed by atoms with E-state index >= 15 is 0 Å². The van der Waals surface area contributed by atoms with Crippen LogP contribution < -0.4 is 4.90 Å². The highest BCUT2D eigenvalue weighted by Gasteiger charge is 2.67. The zero-order chi connectivity index (χ0) is 30.0. The van der Waals surface area contributed by atoms with Gasteiger partial charge in [-0.2, -0.15) is 0 Å². The van der Waals surface area contributed by atoms with Gasteiger partial charge in [-0.15, -0.1) is 0 Å². The Morgan fingerprint density at radius 3 is 1.98 bits per heavy atom. The molecule has 6 heteroatoms. The van der Waals surface area contributed by atoms with E-state index in [1.807, 2.05) is 24.3 Å². The fourth-order valence-electron chi connectivity index (χ4n) is 7.54. The molecular formula is C37H40BrNO4. The first kappa shape index (κ1) is 29.8. The molecule has 0 saturated carbocycles. The van der Waals surface area contributed by atoms with Crippen molar-refractivity contribution >= 4 is 39.4 Å². The molecule has 3 aliphatic carbocycles. The number of carbonyl (C=O) groups excluding carboxylic acids is 3. The highest BCUT2D eigenvalue weighted by atomic mass is 79.9. The molecule has 5 nitrogen and oxygen atoms in total. The van der Waals surface area contributed by atoms with Crippen LogP contribution in [0.4, 0.5) is 5.69 Å². The largest absolute Gasteiger partial charge is 0.462 e. The van der Waals surface area contributed by atoms with E-state index in [1.165, 1.54) is 49.8 Å². The van der Waals surface area contributed by atoms with Crippen LogP contribution in [0.1, 0.15) is 110 Å². The fraction of sp³-hybridized carbons (Fsp3) is 0.432. The molecule has 2 atom stereocenters. The number of alkyl halides is 1. The van der Waals surface area contributed by atoms with Gasteiger partial charge in [-0.25, -0.2) is 9.69 Å². The summed E-state index contributed by atoms with van der Waals surface area (Å²) in [4.78, 5) is 42.6. The van der Waals surface area contributed by atoms with E-state index in [-0.39, 0.29) is 17.7 Å². The zero-order valence-electron chi connectivity index (χ0n) is 24.9. The van der Waals surface area contributed by atoms with E-state index in [0.29, 0.717) is 17.9 Å². The molecule has 1 aliphatic heterocycles. The van der Waals surface area contributed by atoms with Crippen LogP contribution in [0.5, 0.6) is 0 Å². The van der Waals surface area contributed by atoms with Gasteiger partial charge in [0.05, 0.1) is 34.0 Å². The van der Waals surface area contributed by atoms with Gasteiger partial charge in [0.1, 0.15) is 0 Å². The molecule has 1 heterocycles. The molecule has 1 fully saturated rings. The van der Waals surface area contributed by atoms with Crippen LogP contribution in [-0.4, -0.2) is 24.4 Å². The average molecular weight is 643 g/mol. The van der Waals surface area contributed by atoms with Crippen LogP contribution in [0.2, 0.25) is 0 Å². The van der Waals surface area contributed by atoms with Gasteiger partial charge in [-0.05, 0) is 46.9 Å². The number of carbonyl (C=O) groups is 3. The van der Waals surface area contributed by atoms with Crippen molar-refractivity contribution in [1.29, 1.82) is 0 Å². The maximum Gasteiger partial charge on any atom is 0.338 e. The normalized spacial score (nSPS) is 23.2. The lowest BCUT2D eigenvalue weighted by Crippen LogP contribution is -2.50. The minimum atomic E-state index is -0.799. The van der Waals surface area contributed by atoms with E-state index in [9.17, 15) is 14.4 Å². The van der Waals surface area contributed by atoms with Crippen LogP contribution in [-0.2, 0) is 18.7 Å². The lowest BCUT2D eigenvalue weighted by Gasteiger charge is -2.51. The lowest BCUT2D eigenvalue weighted by molar-refractivity contribution is -0.122. The number of amides is 2. The maximum absolute atomic E-state index is 14.2. The summed E-state index contributed by atoms with van der Waals surface area (Å²) in [5.74, 6) is -2.19. The highest BCUT2D eigenvalue weighted by molar-refractivity contribution is 9.09. The summed E-state index contributed by atoms with van der Waals surface area (Å²) in [6.45, 7) is 2.61. The zero-order valence-corrected chi connectivity index (χ0v) is 26.5. The number of hydrogen-bond donors (Lipinski definition) is 0. The molecule has 1 saturated heterocycles. The van der Waals surface area contributed by atoms with E-state index in [4.69, 9.17) is 4.74 Å². The van der Waals surface area contributed by atoms with Crippen LogP contribution >= 0.6 is 15.9 Å². The quantitative estimate of drug-likeness (QED) is 0.0810. The van der Waals surface area contributed by atoms with E-state index in [1.54, 1.807) is 24.3 Å². The minimum Gasteiger partial charge on any atom is -0.462 e. The molecule has 3 aromatic carbocycles. The minimum absolute atomic E-state index is 0.201. The standard InChI is InChI=1S/C37H40BrNO4/c1-2-3-4-5-6-7-8-9-10-15-23-43-36(42)25-17-16-18-26(24-25)39-34(40)32-31-27-19-11-13-21-29(27)37(38,33(32)35(39)41)30-22-14-12-20-28(30)31/h11-14,16-22,24,31-33H,2-10,15,23H2,1H3/t31?,32-,33+,37?/m1/s1. The molecular weight excluding hydrogens is 602 g/mol. The molecule has 0 spiro atoms. The number of esters is 1. The molecule has 224 valence electrons. The summed E-state index contributed by atoms with van der Waals surface area (Å²) < 4.78 is 4.78. The van der Waals surface area contributed by atoms with Crippen molar-refractivity contribution in [2.24, 2.45) is 11.8 Å². The van der Waals surface area contributed by atoms with Gasteiger partial charge >= 0.3 is 5.97 Å². The molecule has 0 aromatic heterocycles. The topological polar surface area (TPSA) is 63.7 Å². The summed E-state index contributed by atoms with van der Waals surface area (Å²) in [5, 5.41) is 0. The van der Waals surface area contributed by atoms with Crippen LogP contribution in [0, 0.1) is 11.8 Å². The van der Waals surface area contributed by atoms with Crippen LogP contribution in [0.25, 0.3) is 0 Å². The lowest BCUT2D eigenvalue weighted by atomic mass is 9.55. The SMILES string of the molecule is CCCCCCCCCCCCOC(=O)c1cccc(N2C(=O)[C@@H]3C4c5ccccc5C(Br)(c5ccccc54)[C@@H]3C2=O)c1. The highest BCUT2D eigenvalue weighted by Crippen LogP contribution is 2.66. The van der Waals surface area contributed by atoms with Crippen molar-refractivity contribution < 1.29 is 19.1 Å². The number of ether oxygens (including phenoxy) is 1. The van der Waals surface area contributed by atoms with Crippen molar-refractivity contribution in [2.75, 3.05) is 11.5 Å². The summed E-state index contributed by atoms with van der Waals surface area (Å²) in [5.41, 5.74) is 5.04. The molecule has 0 unspecified atom stereocenters. The average Bonchev–Trinajstić information content (AvgIpc) is 3.30. The van der Waals surface area contributed by atoms with Gasteiger partial charge in [0.25, 0.3) is 0 Å². The number of rotatable bonds is 13. The van der Waals surface area contributed by atoms with Crippen LogP contribution in [0.15, 0.2) is 72.8 Å². The second-order valence-corrected chi connectivity index (χ2v) is 13.5. The molecule has 2 bridgehead atoms. The first-order valence-electron chi connectivity index (χ1n) is 16.0. The third-order valence-corrected chi connectivity index (χ3v) is 10.9. The number of hydrogen-bond acceptors (Lipinski definition) is 4. The summed E-state index contributed by atoms with van der Waals surface area (Å²) >= 11 is 4.04. The monoisotopic (exact) mass is 641 g/mol. The first-order valence-corrected chi connectivity index (χ1v) is 16.8. The van der Waals surface area contributed by atoms with Crippen molar-refractivity contribution in [2.45, 2.75) is 81.4 Å². The number of nitrogens with zero attached hydrogens (tertiary/aromatic N) is 1. The molecule has 0 N–H and O–H groups in total. The summed E-state index contributed by atoms with van der Waals surface area (Å²) in [7, 11) is 0. The Kier molecular flexibility index (Phi) is 8.85. The number of anilines is 1. The third-order valence-electron chi connectivity index (χ3n) is 9.59. The Bertz CT molecular complexity index is 1470. The first-order chi connectivity index (χ1) is 21.0. The number of halogens is 1. The number of unbranched alkanes of at least 4 members (excludes halogenated alkanes) is 9. The molecule has 7 rings (SSSR count). The van der Waals surface area contributed by atoms with Gasteiger partial charge in [0.2, 0.25) is 11.8 Å². The fourth-order valence-corrected chi connectivity index (χ4v) is 8.75. The Labute approximate surface area is 263 Å². The van der Waals surface area contributed by atoms with Crippen molar-refractivity contribution in [3.8, 4) is 0 Å². The van der Waals surface area contributed by atoms with Crippen molar-refractivity contribution in [3.05, 3.63) is 101 Å². The predicted octanol–water partition coefficient (Wildman–Crippen LogP) is 8.67. The second-order valence-electron chi connectivity index (χ2n) is 12.2. The van der Waals surface area contributed by atoms with Gasteiger partial charge in [0, 0.05) is 5.92 Å². The molecule has 43 heavy (non-hydrogen) atoms. The van der Waals surface area contributed by atoms with Gasteiger partial charge in [-0.1, -0.05) is 135 Å². The molecule has 2 amide bonds. The molecule has 3 aromatic rings. The Morgan fingerprint density at radius 2 is 1.35 bits per heavy atom. The van der Waals surface area contributed by atoms with Gasteiger partial charge < -0.3 is 4.74 Å². The van der Waals surface area contributed by atoms with Gasteiger partial charge in [-0.3, -0.25) is 9.59 Å². The van der Waals surface area contributed by atoms with E-state index in [2.05, 4.69) is 47.1 Å². The maximum atomic E-state index is 14.2. The molecule has 4 aliphatic rings. The second kappa shape index (κ2) is 12.8. The van der Waals surface area contributed by atoms with Crippen molar-refractivity contribution in [3.63, 3.8) is 0 Å². The summed E-state index contributed by atoms with van der Waals surface area (Å²) in [6.07, 6.45) is 12.1.